The summed E-state index contributed by atoms with van der Waals surface area (Å²) >= 11 is 0. The average molecular weight is 391 g/mol. The summed E-state index contributed by atoms with van der Waals surface area (Å²) in [4.78, 5) is 27.1. The third-order valence-corrected chi connectivity index (χ3v) is 4.60. The smallest absolute Gasteiger partial charge is 0.340 e. The molecule has 1 heterocycles. The Morgan fingerprint density at radius 1 is 1.07 bits per heavy atom. The van der Waals surface area contributed by atoms with Crippen LogP contribution in [0.1, 0.15) is 26.3 Å². The molecule has 0 unspecified atom stereocenters. The Labute approximate surface area is 171 Å². The maximum atomic E-state index is 13.0. The molecule has 0 aliphatic carbocycles. The molecular weight excluding hydrogens is 366 g/mol. The summed E-state index contributed by atoms with van der Waals surface area (Å²) in [5, 5.41) is 0. The molecule has 0 bridgehead atoms. The average Bonchev–Trinajstić information content (AvgIpc) is 2.92. The van der Waals surface area contributed by atoms with Gasteiger partial charge in [0, 0.05) is 12.2 Å². The van der Waals surface area contributed by atoms with Crippen LogP contribution in [0.25, 0.3) is 6.08 Å². The van der Waals surface area contributed by atoms with Crippen molar-refractivity contribution in [3.8, 4) is 11.5 Å². The molecule has 2 aromatic rings. The number of methoxy groups -OCH3 is 1. The van der Waals surface area contributed by atoms with Crippen molar-refractivity contribution in [1.82, 2.24) is 4.90 Å². The Bertz CT molecular complexity index is 973. The lowest BCUT2D eigenvalue weighted by Crippen LogP contribution is -2.28. The quantitative estimate of drug-likeness (QED) is 0.524. The standard InChI is InChI=1S/C24H25NO4/c1-16(2)15-25-17(3)22(24(27)28-4)21(23(25)26)14-18-9-8-12-20(13-18)29-19-10-6-5-7-11-19/h5-14,16H,15H2,1-4H3/b21-14-. The third-order valence-electron chi connectivity index (χ3n) is 4.60. The van der Waals surface area contributed by atoms with E-state index in [1.165, 1.54) is 7.11 Å². The second kappa shape index (κ2) is 8.78. The summed E-state index contributed by atoms with van der Waals surface area (Å²) in [6.07, 6.45) is 1.72. The topological polar surface area (TPSA) is 55.8 Å². The molecular formula is C24H25NO4. The first kappa shape index (κ1) is 20.4. The number of carbonyl (C=O) groups is 2. The maximum absolute atomic E-state index is 13.0. The molecule has 29 heavy (non-hydrogen) atoms. The summed E-state index contributed by atoms with van der Waals surface area (Å²) in [7, 11) is 1.32. The number of hydrogen-bond acceptors (Lipinski definition) is 4. The largest absolute Gasteiger partial charge is 0.465 e. The molecule has 0 N–H and O–H groups in total. The molecule has 5 nitrogen and oxygen atoms in total. The van der Waals surface area contributed by atoms with E-state index >= 15 is 0 Å². The van der Waals surface area contributed by atoms with Gasteiger partial charge in [-0.3, -0.25) is 4.79 Å². The van der Waals surface area contributed by atoms with Crippen molar-refractivity contribution in [2.24, 2.45) is 5.92 Å². The van der Waals surface area contributed by atoms with Crippen molar-refractivity contribution in [3.63, 3.8) is 0 Å². The van der Waals surface area contributed by atoms with Crippen molar-refractivity contribution in [3.05, 3.63) is 77.0 Å². The highest BCUT2D eigenvalue weighted by Crippen LogP contribution is 2.33. The third kappa shape index (κ3) is 4.57. The lowest BCUT2D eigenvalue weighted by Gasteiger charge is -2.19. The molecule has 1 aliphatic heterocycles. The van der Waals surface area contributed by atoms with Gasteiger partial charge >= 0.3 is 5.97 Å². The number of nitrogens with zero attached hydrogens (tertiary/aromatic N) is 1. The van der Waals surface area contributed by atoms with Crippen molar-refractivity contribution in [2.75, 3.05) is 13.7 Å². The first-order valence-corrected chi connectivity index (χ1v) is 9.56. The number of amides is 1. The number of para-hydroxylation sites is 1. The van der Waals surface area contributed by atoms with Crippen molar-refractivity contribution in [1.29, 1.82) is 0 Å². The number of ether oxygens (including phenoxy) is 2. The van der Waals surface area contributed by atoms with Crippen molar-refractivity contribution >= 4 is 18.0 Å². The number of hydrogen-bond donors (Lipinski definition) is 0. The van der Waals surface area contributed by atoms with E-state index in [1.54, 1.807) is 17.9 Å². The molecule has 0 atom stereocenters. The molecule has 0 spiro atoms. The molecule has 150 valence electrons. The predicted molar refractivity (Wildman–Crippen MR) is 112 cm³/mol. The van der Waals surface area contributed by atoms with Crippen LogP contribution in [0.3, 0.4) is 0 Å². The van der Waals surface area contributed by atoms with E-state index in [4.69, 9.17) is 9.47 Å². The SMILES string of the molecule is COC(=O)C1=C(C)N(CC(C)C)C(=O)/C1=C\c1cccc(Oc2ccccc2)c1. The van der Waals surface area contributed by atoms with Crippen LogP contribution in [0.5, 0.6) is 11.5 Å². The minimum absolute atomic E-state index is 0.189. The van der Waals surface area contributed by atoms with Gasteiger partial charge in [0.05, 0.1) is 18.3 Å². The van der Waals surface area contributed by atoms with Gasteiger partial charge in [0.1, 0.15) is 11.5 Å². The number of carbonyl (C=O) groups excluding carboxylic acids is 2. The predicted octanol–water partition coefficient (Wildman–Crippen LogP) is 4.81. The summed E-state index contributed by atoms with van der Waals surface area (Å²) in [5.41, 5.74) is 2.04. The zero-order valence-corrected chi connectivity index (χ0v) is 17.1. The molecule has 2 aromatic carbocycles. The fraction of sp³-hybridized carbons (Fsp3) is 0.250. The number of benzene rings is 2. The van der Waals surface area contributed by atoms with E-state index in [-0.39, 0.29) is 11.8 Å². The molecule has 5 heteroatoms. The summed E-state index contributed by atoms with van der Waals surface area (Å²) < 4.78 is 10.8. The van der Waals surface area contributed by atoms with Crippen LogP contribution >= 0.6 is 0 Å². The van der Waals surface area contributed by atoms with Crippen LogP contribution in [0.2, 0.25) is 0 Å². The van der Waals surface area contributed by atoms with E-state index < -0.39 is 5.97 Å². The van der Waals surface area contributed by atoms with Crippen molar-refractivity contribution < 1.29 is 19.1 Å². The zero-order valence-electron chi connectivity index (χ0n) is 17.1. The van der Waals surface area contributed by atoms with Gasteiger partial charge in [0.2, 0.25) is 0 Å². The van der Waals surface area contributed by atoms with Gasteiger partial charge in [0.25, 0.3) is 5.91 Å². The monoisotopic (exact) mass is 391 g/mol. The summed E-state index contributed by atoms with van der Waals surface area (Å²) in [6.45, 7) is 6.39. The molecule has 0 radical (unpaired) electrons. The van der Waals surface area contributed by atoms with Gasteiger partial charge in [-0.2, -0.15) is 0 Å². The van der Waals surface area contributed by atoms with Gasteiger partial charge in [-0.1, -0.05) is 44.2 Å². The van der Waals surface area contributed by atoms with Crippen molar-refractivity contribution in [2.45, 2.75) is 20.8 Å². The molecule has 1 aliphatic rings. The van der Waals surface area contributed by atoms with Crippen LogP contribution in [0.15, 0.2) is 71.4 Å². The summed E-state index contributed by atoms with van der Waals surface area (Å²) in [6, 6.07) is 16.9. The Hall–Kier alpha value is -3.34. The van der Waals surface area contributed by atoms with Gasteiger partial charge in [0.15, 0.2) is 0 Å². The highest BCUT2D eigenvalue weighted by atomic mass is 16.5. The van der Waals surface area contributed by atoms with E-state index in [1.807, 2.05) is 68.4 Å². The fourth-order valence-electron chi connectivity index (χ4n) is 3.27. The van der Waals surface area contributed by atoms with Crippen LogP contribution in [0, 0.1) is 5.92 Å². The summed E-state index contributed by atoms with van der Waals surface area (Å²) in [5.74, 6) is 0.949. The fourth-order valence-corrected chi connectivity index (χ4v) is 3.27. The van der Waals surface area contributed by atoms with Crippen LogP contribution in [0.4, 0.5) is 0 Å². The number of rotatable bonds is 6. The number of esters is 1. The lowest BCUT2D eigenvalue weighted by molar-refractivity contribution is -0.136. The van der Waals surface area contributed by atoms with Crippen LogP contribution in [-0.2, 0) is 14.3 Å². The second-order valence-electron chi connectivity index (χ2n) is 7.31. The van der Waals surface area contributed by atoms with Gasteiger partial charge < -0.3 is 14.4 Å². The molecule has 0 aromatic heterocycles. The maximum Gasteiger partial charge on any atom is 0.340 e. The highest BCUT2D eigenvalue weighted by molar-refractivity contribution is 6.16. The number of allylic oxidation sites excluding steroid dienone is 1. The molecule has 3 rings (SSSR count). The Morgan fingerprint density at radius 2 is 1.76 bits per heavy atom. The minimum atomic E-state index is -0.509. The van der Waals surface area contributed by atoms with Gasteiger partial charge in [-0.15, -0.1) is 0 Å². The van der Waals surface area contributed by atoms with Gasteiger partial charge in [-0.05, 0) is 48.7 Å². The van der Waals surface area contributed by atoms with E-state index in [2.05, 4.69) is 0 Å². The normalized spacial score (nSPS) is 15.4. The first-order valence-electron chi connectivity index (χ1n) is 9.56. The zero-order chi connectivity index (χ0) is 21.0. The Morgan fingerprint density at radius 3 is 2.41 bits per heavy atom. The van der Waals surface area contributed by atoms with E-state index in [0.717, 1.165) is 11.3 Å². The Kier molecular flexibility index (Phi) is 6.17. The van der Waals surface area contributed by atoms with E-state index in [0.29, 0.717) is 29.1 Å². The van der Waals surface area contributed by atoms with Crippen LogP contribution in [-0.4, -0.2) is 30.4 Å². The lowest BCUT2D eigenvalue weighted by atomic mass is 10.0. The van der Waals surface area contributed by atoms with E-state index in [9.17, 15) is 9.59 Å². The molecule has 0 saturated carbocycles. The van der Waals surface area contributed by atoms with Gasteiger partial charge in [-0.25, -0.2) is 4.79 Å². The highest BCUT2D eigenvalue weighted by Gasteiger charge is 2.37. The molecule has 0 saturated heterocycles. The second-order valence-corrected chi connectivity index (χ2v) is 7.31. The first-order chi connectivity index (χ1) is 13.9. The minimum Gasteiger partial charge on any atom is -0.465 e. The Balaban J connectivity index is 1.96. The molecule has 0 fully saturated rings. The van der Waals surface area contributed by atoms with Crippen LogP contribution < -0.4 is 4.74 Å². The molecule has 1 amide bonds.